The van der Waals surface area contributed by atoms with Gasteiger partial charge in [0.15, 0.2) is 0 Å². The molecule has 0 N–H and O–H groups in total. The number of fused-ring (bicyclic) bond motifs is 1. The van der Waals surface area contributed by atoms with Crippen molar-refractivity contribution in [2.45, 2.75) is 0 Å². The molecule has 2 heterocycles. The molecule has 0 aliphatic heterocycles. The van der Waals surface area contributed by atoms with Gasteiger partial charge in [-0.3, -0.25) is 14.9 Å². The standard InChI is InChI=1S/C11H6N4O3S/c16-10-9(19-11-12-6-13-14(10)11)5-7-1-3-8(4-2-7)15(17)18/h1-6H/b9-5-. The van der Waals surface area contributed by atoms with Gasteiger partial charge in [0.1, 0.15) is 6.33 Å². The number of thiazole rings is 1. The van der Waals surface area contributed by atoms with Crippen LogP contribution in [0, 0.1) is 10.1 Å². The molecule has 19 heavy (non-hydrogen) atoms. The quantitative estimate of drug-likeness (QED) is 0.504. The fourth-order valence-corrected chi connectivity index (χ4v) is 2.50. The Balaban J connectivity index is 2.10. The highest BCUT2D eigenvalue weighted by Gasteiger charge is 2.06. The molecule has 0 amide bonds. The van der Waals surface area contributed by atoms with Gasteiger partial charge in [-0.1, -0.05) is 11.3 Å². The first kappa shape index (κ1) is 11.5. The molecule has 3 rings (SSSR count). The summed E-state index contributed by atoms with van der Waals surface area (Å²) in [6.45, 7) is 0. The normalized spacial score (nSPS) is 12.1. The molecular formula is C11H6N4O3S. The minimum absolute atomic E-state index is 0.0159. The Kier molecular flexibility index (Phi) is 2.57. The number of aromatic nitrogens is 3. The highest BCUT2D eigenvalue weighted by molar-refractivity contribution is 7.15. The first-order valence-corrected chi connectivity index (χ1v) is 6.05. The Hall–Kier alpha value is -2.61. The Morgan fingerprint density at radius 1 is 1.32 bits per heavy atom. The van der Waals surface area contributed by atoms with E-state index in [1.165, 1.54) is 34.3 Å². The second-order valence-corrected chi connectivity index (χ2v) is 4.73. The van der Waals surface area contributed by atoms with Gasteiger partial charge in [-0.2, -0.15) is 9.61 Å². The molecule has 0 spiro atoms. The van der Waals surface area contributed by atoms with E-state index in [0.717, 1.165) is 0 Å². The van der Waals surface area contributed by atoms with Crippen LogP contribution in [0.5, 0.6) is 0 Å². The average Bonchev–Trinajstić information content (AvgIpc) is 2.95. The minimum atomic E-state index is -0.466. The second-order valence-electron chi connectivity index (χ2n) is 3.72. The molecule has 0 aliphatic carbocycles. The predicted octanol–water partition coefficient (Wildman–Crippen LogP) is 0.607. The number of rotatable bonds is 2. The first-order valence-electron chi connectivity index (χ1n) is 5.24. The lowest BCUT2D eigenvalue weighted by molar-refractivity contribution is -0.384. The maximum atomic E-state index is 11.9. The SMILES string of the molecule is O=c1/c(=C/c2ccc([N+](=O)[O-])cc2)sc2ncnn12. The van der Waals surface area contributed by atoms with Crippen molar-refractivity contribution in [3.63, 3.8) is 0 Å². The molecule has 0 radical (unpaired) electrons. The van der Waals surface area contributed by atoms with Crippen molar-refractivity contribution >= 4 is 28.1 Å². The predicted molar refractivity (Wildman–Crippen MR) is 69.0 cm³/mol. The van der Waals surface area contributed by atoms with E-state index in [1.807, 2.05) is 0 Å². The zero-order valence-corrected chi connectivity index (χ0v) is 10.2. The van der Waals surface area contributed by atoms with Gasteiger partial charge < -0.3 is 0 Å². The molecule has 3 aromatic rings. The van der Waals surface area contributed by atoms with Crippen LogP contribution in [-0.2, 0) is 0 Å². The van der Waals surface area contributed by atoms with Crippen LogP contribution >= 0.6 is 11.3 Å². The lowest BCUT2D eigenvalue weighted by atomic mass is 10.2. The van der Waals surface area contributed by atoms with E-state index in [0.29, 0.717) is 15.1 Å². The minimum Gasteiger partial charge on any atom is -0.266 e. The Labute approximate surface area is 109 Å². The van der Waals surface area contributed by atoms with Gasteiger partial charge in [-0.15, -0.1) is 0 Å². The molecule has 0 fully saturated rings. The van der Waals surface area contributed by atoms with Crippen molar-refractivity contribution in [1.29, 1.82) is 0 Å². The van der Waals surface area contributed by atoms with E-state index in [9.17, 15) is 14.9 Å². The average molecular weight is 274 g/mol. The molecule has 0 unspecified atom stereocenters. The fraction of sp³-hybridized carbons (Fsp3) is 0. The van der Waals surface area contributed by atoms with Crippen LogP contribution in [-0.4, -0.2) is 19.5 Å². The van der Waals surface area contributed by atoms with Crippen molar-refractivity contribution in [1.82, 2.24) is 14.6 Å². The van der Waals surface area contributed by atoms with Crippen LogP contribution in [0.25, 0.3) is 11.0 Å². The summed E-state index contributed by atoms with van der Waals surface area (Å²) in [5, 5.41) is 14.3. The third kappa shape index (κ3) is 1.97. The highest BCUT2D eigenvalue weighted by atomic mass is 32.1. The van der Waals surface area contributed by atoms with Crippen LogP contribution < -0.4 is 10.1 Å². The second kappa shape index (κ2) is 4.25. The lowest BCUT2D eigenvalue weighted by Crippen LogP contribution is -2.23. The van der Waals surface area contributed by atoms with Gasteiger partial charge >= 0.3 is 0 Å². The van der Waals surface area contributed by atoms with Gasteiger partial charge in [-0.25, -0.2) is 4.98 Å². The zero-order valence-electron chi connectivity index (χ0n) is 9.39. The molecule has 0 saturated carbocycles. The summed E-state index contributed by atoms with van der Waals surface area (Å²) in [6, 6.07) is 5.97. The number of nitro groups is 1. The summed E-state index contributed by atoms with van der Waals surface area (Å²) in [7, 11) is 0. The molecule has 0 aliphatic rings. The van der Waals surface area contributed by atoms with Gasteiger partial charge in [0.05, 0.1) is 9.46 Å². The topological polar surface area (TPSA) is 90.4 Å². The van der Waals surface area contributed by atoms with E-state index in [1.54, 1.807) is 18.2 Å². The third-order valence-corrected chi connectivity index (χ3v) is 3.50. The van der Waals surface area contributed by atoms with Crippen LogP contribution in [0.4, 0.5) is 5.69 Å². The van der Waals surface area contributed by atoms with Gasteiger partial charge in [0, 0.05) is 12.1 Å². The maximum Gasteiger partial charge on any atom is 0.291 e. The van der Waals surface area contributed by atoms with Crippen molar-refractivity contribution in [2.24, 2.45) is 0 Å². The largest absolute Gasteiger partial charge is 0.291 e. The maximum absolute atomic E-state index is 11.9. The van der Waals surface area contributed by atoms with E-state index < -0.39 is 4.92 Å². The number of nitro benzene ring substituents is 1. The summed E-state index contributed by atoms with van der Waals surface area (Å²) >= 11 is 1.22. The van der Waals surface area contributed by atoms with Crippen LogP contribution in [0.2, 0.25) is 0 Å². The van der Waals surface area contributed by atoms with Crippen molar-refractivity contribution in [3.05, 3.63) is 61.2 Å². The molecular weight excluding hydrogens is 268 g/mol. The lowest BCUT2D eigenvalue weighted by Gasteiger charge is -1.92. The van der Waals surface area contributed by atoms with E-state index >= 15 is 0 Å². The number of non-ortho nitro benzene ring substituents is 1. The first-order chi connectivity index (χ1) is 9.15. The molecule has 94 valence electrons. The van der Waals surface area contributed by atoms with E-state index in [2.05, 4.69) is 10.1 Å². The van der Waals surface area contributed by atoms with Crippen molar-refractivity contribution in [2.75, 3.05) is 0 Å². The van der Waals surface area contributed by atoms with Gasteiger partial charge in [0.2, 0.25) is 4.96 Å². The number of nitrogens with zero attached hydrogens (tertiary/aromatic N) is 4. The molecule has 1 aromatic carbocycles. The molecule has 8 heteroatoms. The highest BCUT2D eigenvalue weighted by Crippen LogP contribution is 2.12. The Morgan fingerprint density at radius 3 is 2.68 bits per heavy atom. The monoisotopic (exact) mass is 274 g/mol. The van der Waals surface area contributed by atoms with Crippen LogP contribution in [0.15, 0.2) is 35.4 Å². The van der Waals surface area contributed by atoms with E-state index in [-0.39, 0.29) is 11.2 Å². The number of hydrogen-bond acceptors (Lipinski definition) is 6. The molecule has 0 bridgehead atoms. The molecule has 0 saturated heterocycles. The van der Waals surface area contributed by atoms with Crippen LogP contribution in [0.1, 0.15) is 5.56 Å². The van der Waals surface area contributed by atoms with Crippen molar-refractivity contribution in [3.8, 4) is 0 Å². The smallest absolute Gasteiger partial charge is 0.266 e. The Morgan fingerprint density at radius 2 is 2.05 bits per heavy atom. The van der Waals surface area contributed by atoms with Crippen LogP contribution in [0.3, 0.4) is 0 Å². The van der Waals surface area contributed by atoms with Gasteiger partial charge in [-0.05, 0) is 23.8 Å². The summed E-state index contributed by atoms with van der Waals surface area (Å²) in [6.07, 6.45) is 2.98. The summed E-state index contributed by atoms with van der Waals surface area (Å²) in [5.74, 6) is 0. The number of hydrogen-bond donors (Lipinski definition) is 0. The summed E-state index contributed by atoms with van der Waals surface area (Å²) in [4.78, 5) is 26.4. The summed E-state index contributed by atoms with van der Waals surface area (Å²) in [5.41, 5.74) is 0.491. The fourth-order valence-electron chi connectivity index (χ4n) is 1.62. The molecule has 0 atom stereocenters. The third-order valence-electron chi connectivity index (χ3n) is 2.52. The molecule has 7 nitrogen and oxygen atoms in total. The van der Waals surface area contributed by atoms with E-state index in [4.69, 9.17) is 0 Å². The van der Waals surface area contributed by atoms with Crippen molar-refractivity contribution < 1.29 is 4.92 Å². The molecule has 2 aromatic heterocycles. The van der Waals surface area contributed by atoms with Gasteiger partial charge in [0.25, 0.3) is 11.2 Å². The Bertz CT molecular complexity index is 866. The number of benzene rings is 1. The zero-order chi connectivity index (χ0) is 13.4. The summed E-state index contributed by atoms with van der Waals surface area (Å²) < 4.78 is 1.71.